The van der Waals surface area contributed by atoms with E-state index in [2.05, 4.69) is 27.1 Å². The minimum Gasteiger partial charge on any atom is -0.478 e. The van der Waals surface area contributed by atoms with Crippen LogP contribution in [0.4, 0.5) is 9.80 Å². The minimum absolute atomic E-state index is 0.0480. The number of aryl methyl sites for hydroxylation is 1. The Morgan fingerprint density at radius 1 is 1.11 bits per heavy atom. The highest BCUT2D eigenvalue weighted by Crippen LogP contribution is 2.44. The van der Waals surface area contributed by atoms with Gasteiger partial charge >= 0.3 is 12.1 Å². The first-order chi connectivity index (χ1) is 16.9. The van der Waals surface area contributed by atoms with E-state index in [-0.39, 0.29) is 23.1 Å². The van der Waals surface area contributed by atoms with Crippen LogP contribution in [0.5, 0.6) is 0 Å². The predicted molar refractivity (Wildman–Crippen MR) is 137 cm³/mol. The first-order valence-electron chi connectivity index (χ1n) is 11.0. The van der Waals surface area contributed by atoms with E-state index in [4.69, 9.17) is 4.74 Å². The van der Waals surface area contributed by atoms with Crippen molar-refractivity contribution in [2.75, 3.05) is 23.9 Å². The largest absolute Gasteiger partial charge is 0.478 e. The number of nitrogens with one attached hydrogen (secondary N) is 2. The number of benzene rings is 2. The van der Waals surface area contributed by atoms with E-state index in [0.717, 1.165) is 33.8 Å². The zero-order valence-corrected chi connectivity index (χ0v) is 20.9. The highest BCUT2D eigenvalue weighted by Gasteiger charge is 2.30. The first-order valence-corrected chi connectivity index (χ1v) is 13.2. The van der Waals surface area contributed by atoms with Gasteiger partial charge in [-0.2, -0.15) is 16.1 Å². The van der Waals surface area contributed by atoms with Gasteiger partial charge in [0.1, 0.15) is 23.2 Å². The summed E-state index contributed by atoms with van der Waals surface area (Å²) in [5.41, 5.74) is 4.72. The third-order valence-electron chi connectivity index (χ3n) is 5.88. The molecule has 0 bridgehead atoms. The molecule has 0 fully saturated rings. The molecule has 4 rings (SSSR count). The third-order valence-corrected chi connectivity index (χ3v) is 7.37. The van der Waals surface area contributed by atoms with E-state index < -0.39 is 24.0 Å². The highest BCUT2D eigenvalue weighted by molar-refractivity contribution is 7.98. The van der Waals surface area contributed by atoms with E-state index in [1.54, 1.807) is 6.92 Å². The molecule has 0 radical (unpaired) electrons. The van der Waals surface area contributed by atoms with Gasteiger partial charge < -0.3 is 20.5 Å². The number of amides is 2. The fourth-order valence-corrected chi connectivity index (χ4v) is 5.46. The predicted octanol–water partition coefficient (Wildman–Crippen LogP) is 4.75. The van der Waals surface area contributed by atoms with Gasteiger partial charge in [0.15, 0.2) is 0 Å². The van der Waals surface area contributed by atoms with Crippen molar-refractivity contribution < 1.29 is 24.2 Å². The number of hydrogen-bond donors (Lipinski definition) is 3. The molecule has 2 aromatic carbocycles. The molecule has 1 aliphatic carbocycles. The van der Waals surface area contributed by atoms with Crippen molar-refractivity contribution in [3.05, 3.63) is 70.9 Å². The first kappa shape index (κ1) is 24.7. The number of carbonyl (C=O) groups excluding carboxylic acids is 2. The normalized spacial score (nSPS) is 13.0. The quantitative estimate of drug-likeness (QED) is 0.379. The zero-order chi connectivity index (χ0) is 24.9. The maximum atomic E-state index is 12.9. The van der Waals surface area contributed by atoms with Crippen LogP contribution >= 0.6 is 23.3 Å². The van der Waals surface area contributed by atoms with E-state index in [0.29, 0.717) is 17.9 Å². The summed E-state index contributed by atoms with van der Waals surface area (Å²) in [6.07, 6.45) is 1.56. The standard InChI is InChI=1S/C25H25N3O5S2/c1-14-21(24(30)31)23(35-28-14)27-22(29)20(11-12-34-2)26-25(32)33-13-19-17-9-5-3-7-15(17)16-8-4-6-10-18(16)19/h3-10,19-20H,11-13H2,1-2H3,(H,26,32)(H,27,29)(H,30,31)/t20-/m1/s1. The number of thioether (sulfide) groups is 1. The number of ether oxygens (including phenoxy) is 1. The number of nitrogens with zero attached hydrogens (tertiary/aromatic N) is 1. The maximum absolute atomic E-state index is 12.9. The molecule has 0 saturated heterocycles. The number of anilines is 1. The number of carboxylic acid groups (broad SMARTS) is 1. The summed E-state index contributed by atoms with van der Waals surface area (Å²) in [7, 11) is 0. The summed E-state index contributed by atoms with van der Waals surface area (Å²) >= 11 is 2.43. The molecule has 0 saturated carbocycles. The minimum atomic E-state index is -1.17. The van der Waals surface area contributed by atoms with Crippen LogP contribution in [0.2, 0.25) is 0 Å². The molecule has 0 unspecified atom stereocenters. The van der Waals surface area contributed by atoms with Crippen molar-refractivity contribution >= 4 is 46.3 Å². The number of aromatic nitrogens is 1. The van der Waals surface area contributed by atoms with Crippen molar-refractivity contribution in [2.45, 2.75) is 25.3 Å². The van der Waals surface area contributed by atoms with Crippen LogP contribution < -0.4 is 10.6 Å². The number of aromatic carboxylic acids is 1. The molecule has 8 nitrogen and oxygen atoms in total. The van der Waals surface area contributed by atoms with Gasteiger partial charge in [0.05, 0.1) is 5.69 Å². The molecule has 35 heavy (non-hydrogen) atoms. The molecule has 1 aromatic heterocycles. The fraction of sp³-hybridized carbons (Fsp3) is 0.280. The van der Waals surface area contributed by atoms with Crippen molar-refractivity contribution in [1.29, 1.82) is 0 Å². The summed E-state index contributed by atoms with van der Waals surface area (Å²) in [6.45, 7) is 1.70. The summed E-state index contributed by atoms with van der Waals surface area (Å²) in [4.78, 5) is 37.1. The smallest absolute Gasteiger partial charge is 0.407 e. The summed E-state index contributed by atoms with van der Waals surface area (Å²) in [5.74, 6) is -1.16. The van der Waals surface area contributed by atoms with Gasteiger partial charge in [-0.1, -0.05) is 48.5 Å². The lowest BCUT2D eigenvalue weighted by Gasteiger charge is -2.19. The third kappa shape index (κ3) is 5.33. The second kappa shape index (κ2) is 10.9. The van der Waals surface area contributed by atoms with Gasteiger partial charge in [0.25, 0.3) is 0 Å². The molecule has 0 spiro atoms. The molecule has 2 amide bonds. The number of carboxylic acids is 1. The monoisotopic (exact) mass is 511 g/mol. The van der Waals surface area contributed by atoms with Crippen LogP contribution in [0.25, 0.3) is 11.1 Å². The lowest BCUT2D eigenvalue weighted by Crippen LogP contribution is -2.44. The van der Waals surface area contributed by atoms with Crippen LogP contribution in [0.15, 0.2) is 48.5 Å². The van der Waals surface area contributed by atoms with Gasteiger partial charge in [-0.3, -0.25) is 4.79 Å². The second-order valence-corrected chi connectivity index (χ2v) is 9.83. The number of rotatable bonds is 9. The second-order valence-electron chi connectivity index (χ2n) is 8.07. The van der Waals surface area contributed by atoms with Crippen molar-refractivity contribution in [3.8, 4) is 11.1 Å². The SMILES string of the molecule is CSCC[C@@H](NC(=O)OCC1c2ccccc2-c2ccccc21)C(=O)Nc1snc(C)c1C(=O)O. The van der Waals surface area contributed by atoms with E-state index in [1.807, 2.05) is 42.7 Å². The summed E-state index contributed by atoms with van der Waals surface area (Å²) in [5, 5.41) is 14.8. The fourth-order valence-electron chi connectivity index (χ4n) is 4.19. The molecular weight excluding hydrogens is 486 g/mol. The molecule has 3 aromatic rings. The average molecular weight is 512 g/mol. The maximum Gasteiger partial charge on any atom is 0.407 e. The number of alkyl carbamates (subject to hydrolysis) is 1. The van der Waals surface area contributed by atoms with Gasteiger partial charge in [0.2, 0.25) is 5.91 Å². The van der Waals surface area contributed by atoms with Crippen LogP contribution in [0.1, 0.15) is 39.5 Å². The summed E-state index contributed by atoms with van der Waals surface area (Å²) in [6, 6.07) is 15.2. The van der Waals surface area contributed by atoms with E-state index in [1.165, 1.54) is 11.8 Å². The Hall–Kier alpha value is -3.37. The van der Waals surface area contributed by atoms with Gasteiger partial charge in [-0.25, -0.2) is 9.59 Å². The molecule has 10 heteroatoms. The molecule has 1 aliphatic rings. The van der Waals surface area contributed by atoms with Crippen LogP contribution in [-0.4, -0.2) is 52.1 Å². The van der Waals surface area contributed by atoms with Gasteiger partial charge in [-0.05, 0) is 59.1 Å². The molecule has 3 N–H and O–H groups in total. The number of hydrogen-bond acceptors (Lipinski definition) is 7. The molecule has 0 aliphatic heterocycles. The summed E-state index contributed by atoms with van der Waals surface area (Å²) < 4.78 is 9.59. The Balaban J connectivity index is 1.43. The van der Waals surface area contributed by atoms with E-state index >= 15 is 0 Å². The average Bonchev–Trinajstić information content (AvgIpc) is 3.37. The lowest BCUT2D eigenvalue weighted by molar-refractivity contribution is -0.118. The Morgan fingerprint density at radius 3 is 2.34 bits per heavy atom. The van der Waals surface area contributed by atoms with Crippen molar-refractivity contribution in [3.63, 3.8) is 0 Å². The Bertz CT molecular complexity index is 1210. The Labute approximate surface area is 211 Å². The van der Waals surface area contributed by atoms with Crippen LogP contribution in [0, 0.1) is 6.92 Å². The number of fused-ring (bicyclic) bond motifs is 3. The highest BCUT2D eigenvalue weighted by atomic mass is 32.2. The molecular formula is C25H25N3O5S2. The van der Waals surface area contributed by atoms with Crippen molar-refractivity contribution in [2.24, 2.45) is 0 Å². The Kier molecular flexibility index (Phi) is 7.72. The molecule has 1 heterocycles. The topological polar surface area (TPSA) is 118 Å². The molecule has 182 valence electrons. The zero-order valence-electron chi connectivity index (χ0n) is 19.2. The van der Waals surface area contributed by atoms with Crippen LogP contribution in [-0.2, 0) is 9.53 Å². The van der Waals surface area contributed by atoms with Crippen molar-refractivity contribution in [1.82, 2.24) is 9.69 Å². The molecule has 1 atom stereocenters. The number of carbonyl (C=O) groups is 3. The van der Waals surface area contributed by atoms with Gasteiger partial charge in [0, 0.05) is 5.92 Å². The van der Waals surface area contributed by atoms with Gasteiger partial charge in [-0.15, -0.1) is 0 Å². The van der Waals surface area contributed by atoms with Crippen LogP contribution in [0.3, 0.4) is 0 Å². The van der Waals surface area contributed by atoms with E-state index in [9.17, 15) is 19.5 Å². The lowest BCUT2D eigenvalue weighted by atomic mass is 9.98. The Morgan fingerprint density at radius 2 is 1.74 bits per heavy atom.